The van der Waals surface area contributed by atoms with E-state index in [1.54, 1.807) is 6.20 Å². The molecule has 0 aliphatic carbocycles. The predicted molar refractivity (Wildman–Crippen MR) is 62.2 cm³/mol. The molecule has 0 aromatic carbocycles. The molecular formula is C10H15N3S. The summed E-state index contributed by atoms with van der Waals surface area (Å²) >= 11 is 5.03. The van der Waals surface area contributed by atoms with Gasteiger partial charge in [-0.25, -0.2) is 0 Å². The van der Waals surface area contributed by atoms with E-state index in [-0.39, 0.29) is 0 Å². The van der Waals surface area contributed by atoms with Crippen LogP contribution in [0.3, 0.4) is 0 Å². The first-order valence-corrected chi connectivity index (χ1v) is 5.15. The largest absolute Gasteiger partial charge is 0.363 e. The van der Waals surface area contributed by atoms with Gasteiger partial charge in [0.25, 0.3) is 0 Å². The number of nitrogens with one attached hydrogen (secondary N) is 2. The summed E-state index contributed by atoms with van der Waals surface area (Å²) in [5.41, 5.74) is 1.08. The van der Waals surface area contributed by atoms with Crippen LogP contribution in [0.1, 0.15) is 12.6 Å². The molecular weight excluding hydrogens is 194 g/mol. The lowest BCUT2D eigenvalue weighted by molar-refractivity contribution is 0.813. The summed E-state index contributed by atoms with van der Waals surface area (Å²) in [6, 6.07) is 5.92. The third-order valence-corrected chi connectivity index (χ3v) is 2.02. The lowest BCUT2D eigenvalue weighted by Gasteiger charge is -2.07. The summed E-state index contributed by atoms with van der Waals surface area (Å²) in [5, 5.41) is 6.86. The van der Waals surface area contributed by atoms with Gasteiger partial charge in [0, 0.05) is 31.4 Å². The molecule has 0 unspecified atom stereocenters. The summed E-state index contributed by atoms with van der Waals surface area (Å²) < 4.78 is 0. The van der Waals surface area contributed by atoms with Crippen LogP contribution in [0, 0.1) is 0 Å². The molecule has 3 nitrogen and oxygen atoms in total. The molecule has 0 fully saturated rings. The van der Waals surface area contributed by atoms with Crippen LogP contribution in [0.4, 0.5) is 0 Å². The summed E-state index contributed by atoms with van der Waals surface area (Å²) in [6.07, 6.45) is 2.70. The van der Waals surface area contributed by atoms with Crippen LogP contribution in [0.15, 0.2) is 24.4 Å². The fourth-order valence-electron chi connectivity index (χ4n) is 1.07. The van der Waals surface area contributed by atoms with E-state index in [0.29, 0.717) is 5.11 Å². The van der Waals surface area contributed by atoms with Crippen LogP contribution in [-0.4, -0.2) is 23.2 Å². The van der Waals surface area contributed by atoms with E-state index in [9.17, 15) is 0 Å². The van der Waals surface area contributed by atoms with Crippen LogP contribution in [0.5, 0.6) is 0 Å². The van der Waals surface area contributed by atoms with Crippen molar-refractivity contribution >= 4 is 17.3 Å². The van der Waals surface area contributed by atoms with Crippen molar-refractivity contribution in [2.75, 3.05) is 13.1 Å². The van der Waals surface area contributed by atoms with Crippen molar-refractivity contribution in [1.82, 2.24) is 15.6 Å². The fraction of sp³-hybridized carbons (Fsp3) is 0.400. The van der Waals surface area contributed by atoms with Gasteiger partial charge in [-0.05, 0) is 31.3 Å². The van der Waals surface area contributed by atoms with Crippen molar-refractivity contribution in [3.8, 4) is 0 Å². The normalized spacial score (nSPS) is 9.50. The number of hydrogen-bond donors (Lipinski definition) is 2. The number of thiocarbonyl (C=S) groups is 1. The molecule has 0 atom stereocenters. The number of hydrogen-bond acceptors (Lipinski definition) is 2. The van der Waals surface area contributed by atoms with E-state index >= 15 is 0 Å². The SMILES string of the molecule is CCNC(=S)NCCc1ccccn1. The Balaban J connectivity index is 2.19. The number of aromatic nitrogens is 1. The van der Waals surface area contributed by atoms with Gasteiger partial charge in [0.15, 0.2) is 5.11 Å². The predicted octanol–water partition coefficient (Wildman–Crippen LogP) is 1.11. The number of nitrogens with zero attached hydrogens (tertiary/aromatic N) is 1. The zero-order chi connectivity index (χ0) is 10.2. The van der Waals surface area contributed by atoms with Gasteiger partial charge in [-0.3, -0.25) is 4.98 Å². The van der Waals surface area contributed by atoms with Crippen molar-refractivity contribution < 1.29 is 0 Å². The van der Waals surface area contributed by atoms with Crippen molar-refractivity contribution in [2.45, 2.75) is 13.3 Å². The van der Waals surface area contributed by atoms with Gasteiger partial charge in [-0.1, -0.05) is 6.07 Å². The Morgan fingerprint density at radius 3 is 2.93 bits per heavy atom. The minimum Gasteiger partial charge on any atom is -0.363 e. The zero-order valence-corrected chi connectivity index (χ0v) is 9.10. The average Bonchev–Trinajstić information content (AvgIpc) is 2.20. The quantitative estimate of drug-likeness (QED) is 0.728. The second kappa shape index (κ2) is 6.32. The molecule has 0 saturated heterocycles. The van der Waals surface area contributed by atoms with Gasteiger partial charge in [0.1, 0.15) is 0 Å². The highest BCUT2D eigenvalue weighted by Gasteiger charge is 1.94. The molecule has 1 rings (SSSR count). The number of pyridine rings is 1. The maximum absolute atomic E-state index is 5.03. The second-order valence-corrected chi connectivity index (χ2v) is 3.27. The molecule has 1 heterocycles. The summed E-state index contributed by atoms with van der Waals surface area (Å²) in [5.74, 6) is 0. The number of rotatable bonds is 4. The monoisotopic (exact) mass is 209 g/mol. The highest BCUT2D eigenvalue weighted by molar-refractivity contribution is 7.80. The van der Waals surface area contributed by atoms with Crippen LogP contribution in [0.25, 0.3) is 0 Å². The van der Waals surface area contributed by atoms with E-state index in [2.05, 4.69) is 15.6 Å². The fourth-order valence-corrected chi connectivity index (χ4v) is 1.32. The summed E-state index contributed by atoms with van der Waals surface area (Å²) in [6.45, 7) is 3.70. The van der Waals surface area contributed by atoms with Crippen LogP contribution < -0.4 is 10.6 Å². The molecule has 0 amide bonds. The van der Waals surface area contributed by atoms with E-state index in [1.807, 2.05) is 25.1 Å². The average molecular weight is 209 g/mol. The smallest absolute Gasteiger partial charge is 0.166 e. The standard InChI is InChI=1S/C10H15N3S/c1-2-11-10(14)13-8-6-9-5-3-4-7-12-9/h3-5,7H,2,6,8H2,1H3,(H2,11,13,14). The van der Waals surface area contributed by atoms with Crippen molar-refractivity contribution in [1.29, 1.82) is 0 Å². The Kier molecular flexibility index (Phi) is 4.93. The Hall–Kier alpha value is -1.16. The first kappa shape index (κ1) is 10.9. The highest BCUT2D eigenvalue weighted by atomic mass is 32.1. The molecule has 1 aromatic rings. The zero-order valence-electron chi connectivity index (χ0n) is 8.29. The summed E-state index contributed by atoms with van der Waals surface area (Å²) in [4.78, 5) is 4.22. The van der Waals surface area contributed by atoms with Crippen LogP contribution in [0.2, 0.25) is 0 Å². The molecule has 0 bridgehead atoms. The summed E-state index contributed by atoms with van der Waals surface area (Å²) in [7, 11) is 0. The van der Waals surface area contributed by atoms with Gasteiger partial charge in [-0.2, -0.15) is 0 Å². The molecule has 4 heteroatoms. The molecule has 14 heavy (non-hydrogen) atoms. The Morgan fingerprint density at radius 2 is 2.29 bits per heavy atom. The Labute approximate surface area is 89.9 Å². The van der Waals surface area contributed by atoms with Gasteiger partial charge in [0.05, 0.1) is 0 Å². The first-order valence-electron chi connectivity index (χ1n) is 4.74. The molecule has 0 spiro atoms. The van der Waals surface area contributed by atoms with Gasteiger partial charge >= 0.3 is 0 Å². The lowest BCUT2D eigenvalue weighted by atomic mass is 10.3. The van der Waals surface area contributed by atoms with Crippen molar-refractivity contribution in [3.63, 3.8) is 0 Å². The maximum atomic E-state index is 5.03. The van der Waals surface area contributed by atoms with Gasteiger partial charge < -0.3 is 10.6 Å². The van der Waals surface area contributed by atoms with E-state index in [0.717, 1.165) is 25.2 Å². The molecule has 0 aliphatic heterocycles. The third kappa shape index (κ3) is 4.18. The van der Waals surface area contributed by atoms with Crippen molar-refractivity contribution in [3.05, 3.63) is 30.1 Å². The van der Waals surface area contributed by atoms with Crippen molar-refractivity contribution in [2.24, 2.45) is 0 Å². The molecule has 0 saturated carbocycles. The Bertz CT molecular complexity index is 274. The van der Waals surface area contributed by atoms with Crippen LogP contribution >= 0.6 is 12.2 Å². The molecule has 2 N–H and O–H groups in total. The van der Waals surface area contributed by atoms with Gasteiger partial charge in [0.2, 0.25) is 0 Å². The van der Waals surface area contributed by atoms with E-state index in [4.69, 9.17) is 12.2 Å². The minimum atomic E-state index is 0.712. The second-order valence-electron chi connectivity index (χ2n) is 2.86. The Morgan fingerprint density at radius 1 is 1.43 bits per heavy atom. The van der Waals surface area contributed by atoms with Gasteiger partial charge in [-0.15, -0.1) is 0 Å². The third-order valence-electron chi connectivity index (χ3n) is 1.73. The molecule has 76 valence electrons. The maximum Gasteiger partial charge on any atom is 0.166 e. The van der Waals surface area contributed by atoms with E-state index in [1.165, 1.54) is 0 Å². The molecule has 0 radical (unpaired) electrons. The lowest BCUT2D eigenvalue weighted by Crippen LogP contribution is -2.36. The highest BCUT2D eigenvalue weighted by Crippen LogP contribution is 1.92. The van der Waals surface area contributed by atoms with Crippen LogP contribution in [-0.2, 0) is 6.42 Å². The molecule has 0 aliphatic rings. The minimum absolute atomic E-state index is 0.712. The molecule has 1 aromatic heterocycles. The first-order chi connectivity index (χ1) is 6.83. The van der Waals surface area contributed by atoms with E-state index < -0.39 is 0 Å². The topological polar surface area (TPSA) is 37.0 Å².